The van der Waals surface area contributed by atoms with Crippen molar-refractivity contribution in [1.82, 2.24) is 4.90 Å². The number of thiophene rings is 2. The van der Waals surface area contributed by atoms with Crippen LogP contribution in [0.3, 0.4) is 0 Å². The molecule has 0 aromatic carbocycles. The van der Waals surface area contributed by atoms with Crippen molar-refractivity contribution in [1.29, 1.82) is 0 Å². The molecule has 2 aromatic rings. The number of carbonyl (C=O) groups excluding carboxylic acids is 1. The zero-order chi connectivity index (χ0) is 15.9. The third-order valence-electron chi connectivity index (χ3n) is 4.91. The fourth-order valence-electron chi connectivity index (χ4n) is 3.56. The van der Waals surface area contributed by atoms with Crippen LogP contribution in [0, 0.1) is 5.92 Å². The molecule has 4 nitrogen and oxygen atoms in total. The van der Waals surface area contributed by atoms with Gasteiger partial charge in [-0.3, -0.25) is 4.90 Å². The van der Waals surface area contributed by atoms with E-state index in [2.05, 4.69) is 4.90 Å². The molecule has 0 saturated carbocycles. The van der Waals surface area contributed by atoms with Gasteiger partial charge in [-0.05, 0) is 54.7 Å². The van der Waals surface area contributed by atoms with E-state index in [1.54, 1.807) is 12.1 Å². The van der Waals surface area contributed by atoms with Gasteiger partial charge >= 0.3 is 5.97 Å². The van der Waals surface area contributed by atoms with Crippen LogP contribution in [0.4, 0.5) is 0 Å². The molecule has 0 radical (unpaired) electrons. The first-order valence-electron chi connectivity index (χ1n) is 7.91. The summed E-state index contributed by atoms with van der Waals surface area (Å²) in [7, 11) is 0. The minimum absolute atomic E-state index is 0.101. The number of hydrogen-bond donors (Lipinski definition) is 1. The van der Waals surface area contributed by atoms with Gasteiger partial charge in [-0.2, -0.15) is 0 Å². The summed E-state index contributed by atoms with van der Waals surface area (Å²) in [5.74, 6) is -0.110. The molecule has 3 aliphatic rings. The van der Waals surface area contributed by atoms with Gasteiger partial charge in [0.15, 0.2) is 0 Å². The Labute approximate surface area is 143 Å². The fraction of sp³-hybridized carbons (Fsp3) is 0.471. The van der Waals surface area contributed by atoms with Crippen LogP contribution in [0.15, 0.2) is 35.0 Å². The standard InChI is InChI=1S/C17H19NO3S2/c19-16(21-13-11-18-7-5-12(13)6-8-18)17(20,14-3-1-9-22-14)15-4-2-10-23-15/h1-4,9-10,12-13,20H,5-8,11H2/t13-/m1/s1. The Morgan fingerprint density at radius 1 is 1.17 bits per heavy atom. The van der Waals surface area contributed by atoms with E-state index in [0.717, 1.165) is 32.5 Å². The van der Waals surface area contributed by atoms with Crippen molar-refractivity contribution in [3.05, 3.63) is 44.8 Å². The molecule has 5 rings (SSSR count). The van der Waals surface area contributed by atoms with Crippen LogP contribution in [-0.4, -0.2) is 41.7 Å². The normalized spacial score (nSPS) is 27.1. The van der Waals surface area contributed by atoms with Gasteiger partial charge in [-0.25, -0.2) is 4.79 Å². The van der Waals surface area contributed by atoms with Crippen molar-refractivity contribution >= 4 is 28.6 Å². The smallest absolute Gasteiger partial charge is 0.349 e. The number of hydrogen-bond acceptors (Lipinski definition) is 6. The number of rotatable bonds is 4. The van der Waals surface area contributed by atoms with Crippen LogP contribution in [0.1, 0.15) is 22.6 Å². The van der Waals surface area contributed by atoms with Crippen molar-refractivity contribution in [2.24, 2.45) is 5.92 Å². The number of ether oxygens (including phenoxy) is 1. The molecule has 3 fully saturated rings. The van der Waals surface area contributed by atoms with Crippen molar-refractivity contribution < 1.29 is 14.6 Å². The van der Waals surface area contributed by atoms with E-state index in [0.29, 0.717) is 15.7 Å². The highest BCUT2D eigenvalue weighted by atomic mass is 32.1. The van der Waals surface area contributed by atoms with Crippen molar-refractivity contribution in [2.45, 2.75) is 24.5 Å². The van der Waals surface area contributed by atoms with Crippen LogP contribution in [0.5, 0.6) is 0 Å². The van der Waals surface area contributed by atoms with Gasteiger partial charge in [0.2, 0.25) is 5.60 Å². The van der Waals surface area contributed by atoms with Crippen molar-refractivity contribution in [3.8, 4) is 0 Å². The van der Waals surface area contributed by atoms with Crippen molar-refractivity contribution in [3.63, 3.8) is 0 Å². The molecule has 0 aliphatic carbocycles. The van der Waals surface area contributed by atoms with Crippen molar-refractivity contribution in [2.75, 3.05) is 19.6 Å². The first kappa shape index (κ1) is 15.3. The van der Waals surface area contributed by atoms with E-state index in [-0.39, 0.29) is 6.10 Å². The molecule has 3 saturated heterocycles. The molecule has 122 valence electrons. The van der Waals surface area contributed by atoms with E-state index < -0.39 is 11.6 Å². The lowest BCUT2D eigenvalue weighted by atomic mass is 9.85. The van der Waals surface area contributed by atoms with Gasteiger partial charge in [0.25, 0.3) is 0 Å². The molecular weight excluding hydrogens is 330 g/mol. The highest BCUT2D eigenvalue weighted by Crippen LogP contribution is 2.38. The third kappa shape index (κ3) is 2.63. The monoisotopic (exact) mass is 349 g/mol. The van der Waals surface area contributed by atoms with Gasteiger partial charge in [-0.1, -0.05) is 12.1 Å². The molecule has 2 aromatic heterocycles. The van der Waals surface area contributed by atoms with Crippen LogP contribution < -0.4 is 0 Å². The predicted octanol–water partition coefficient (Wildman–Crippen LogP) is 2.68. The molecule has 6 heteroatoms. The van der Waals surface area contributed by atoms with E-state index in [1.165, 1.54) is 22.7 Å². The summed E-state index contributed by atoms with van der Waals surface area (Å²) in [4.78, 5) is 16.5. The lowest BCUT2D eigenvalue weighted by Gasteiger charge is -2.44. The summed E-state index contributed by atoms with van der Waals surface area (Å²) in [6.07, 6.45) is 2.06. The average molecular weight is 349 g/mol. The first-order valence-corrected chi connectivity index (χ1v) is 9.67. The second-order valence-electron chi connectivity index (χ2n) is 6.25. The molecule has 5 heterocycles. The first-order chi connectivity index (χ1) is 11.2. The number of aliphatic hydroxyl groups is 1. The quantitative estimate of drug-likeness (QED) is 0.862. The minimum atomic E-state index is -1.69. The average Bonchev–Trinajstić information content (AvgIpc) is 3.29. The lowest BCUT2D eigenvalue weighted by molar-refractivity contribution is -0.176. The molecule has 1 N–H and O–H groups in total. The van der Waals surface area contributed by atoms with Gasteiger partial charge in [0.1, 0.15) is 6.10 Å². The summed E-state index contributed by atoms with van der Waals surface area (Å²) < 4.78 is 5.82. The molecular formula is C17H19NO3S2. The Kier molecular flexibility index (Phi) is 4.01. The molecule has 0 spiro atoms. The maximum atomic E-state index is 12.9. The zero-order valence-electron chi connectivity index (χ0n) is 12.7. The summed E-state index contributed by atoms with van der Waals surface area (Å²) >= 11 is 2.76. The van der Waals surface area contributed by atoms with Gasteiger partial charge in [0.05, 0.1) is 9.75 Å². The summed E-state index contributed by atoms with van der Waals surface area (Å²) in [5, 5.41) is 15.0. The van der Waals surface area contributed by atoms with Crippen LogP contribution in [-0.2, 0) is 15.1 Å². The van der Waals surface area contributed by atoms with Crippen LogP contribution >= 0.6 is 22.7 Å². The SMILES string of the molecule is O=C(O[C@@H]1CN2CCC1CC2)C(O)(c1cccs1)c1cccs1. The second-order valence-corrected chi connectivity index (χ2v) is 8.14. The molecule has 0 unspecified atom stereocenters. The molecule has 1 atom stereocenters. The number of esters is 1. The van der Waals surface area contributed by atoms with Crippen LogP contribution in [0.25, 0.3) is 0 Å². The topological polar surface area (TPSA) is 49.8 Å². The Hall–Kier alpha value is -1.21. The molecule has 2 bridgehead atoms. The summed E-state index contributed by atoms with van der Waals surface area (Å²) in [5.41, 5.74) is -1.69. The van der Waals surface area contributed by atoms with E-state index >= 15 is 0 Å². The van der Waals surface area contributed by atoms with E-state index in [9.17, 15) is 9.90 Å². The van der Waals surface area contributed by atoms with Gasteiger partial charge in [-0.15, -0.1) is 22.7 Å². The Balaban J connectivity index is 1.61. The Bertz CT molecular complexity index is 626. The Morgan fingerprint density at radius 3 is 2.22 bits per heavy atom. The summed E-state index contributed by atoms with van der Waals surface area (Å²) in [6, 6.07) is 7.28. The predicted molar refractivity (Wildman–Crippen MR) is 90.7 cm³/mol. The van der Waals surface area contributed by atoms with Gasteiger partial charge < -0.3 is 9.84 Å². The largest absolute Gasteiger partial charge is 0.458 e. The maximum Gasteiger partial charge on any atom is 0.349 e. The number of carbonyl (C=O) groups is 1. The highest BCUT2D eigenvalue weighted by molar-refractivity contribution is 7.12. The van der Waals surface area contributed by atoms with Gasteiger partial charge in [0, 0.05) is 6.54 Å². The fourth-order valence-corrected chi connectivity index (χ4v) is 5.27. The second kappa shape index (κ2) is 6.02. The number of fused-ring (bicyclic) bond motifs is 3. The Morgan fingerprint density at radius 2 is 1.78 bits per heavy atom. The lowest BCUT2D eigenvalue weighted by Crippen LogP contribution is -2.53. The molecule has 23 heavy (non-hydrogen) atoms. The number of nitrogens with zero attached hydrogens (tertiary/aromatic N) is 1. The summed E-state index contributed by atoms with van der Waals surface area (Å²) in [6.45, 7) is 2.99. The maximum absolute atomic E-state index is 12.9. The van der Waals surface area contributed by atoms with E-state index in [1.807, 2.05) is 22.9 Å². The van der Waals surface area contributed by atoms with E-state index in [4.69, 9.17) is 4.74 Å². The van der Waals surface area contributed by atoms with Crippen LogP contribution in [0.2, 0.25) is 0 Å². The molecule has 3 aliphatic heterocycles. The third-order valence-corrected chi connectivity index (χ3v) is 6.86. The zero-order valence-corrected chi connectivity index (χ0v) is 14.3. The minimum Gasteiger partial charge on any atom is -0.458 e. The molecule has 0 amide bonds. The number of piperidine rings is 3. The highest BCUT2D eigenvalue weighted by Gasteiger charge is 2.46.